The maximum Gasteiger partial charge on any atom is 0.0476 e. The van der Waals surface area contributed by atoms with E-state index in [1.165, 1.54) is 19.3 Å². The van der Waals surface area contributed by atoms with Crippen molar-refractivity contribution in [1.29, 1.82) is 0 Å². The second-order valence-corrected chi connectivity index (χ2v) is 5.59. The monoisotopic (exact) mass is 239 g/mol. The molecule has 0 aromatic carbocycles. The Morgan fingerprint density at radius 2 is 2.50 bits per heavy atom. The molecule has 2 rings (SSSR count). The van der Waals surface area contributed by atoms with Crippen LogP contribution in [-0.4, -0.2) is 19.8 Å². The second kappa shape index (κ2) is 5.80. The van der Waals surface area contributed by atoms with E-state index in [4.69, 9.17) is 4.74 Å². The molecule has 1 N–H and O–H groups in total. The van der Waals surface area contributed by atoms with Crippen LogP contribution in [0.3, 0.4) is 0 Å². The molecule has 1 aromatic heterocycles. The lowest BCUT2D eigenvalue weighted by Gasteiger charge is -2.27. The van der Waals surface area contributed by atoms with Crippen molar-refractivity contribution >= 4 is 11.3 Å². The summed E-state index contributed by atoms with van der Waals surface area (Å²) in [6.45, 7) is 3.09. The normalized spacial score (nSPS) is 21.8. The van der Waals surface area contributed by atoms with Crippen LogP contribution < -0.4 is 5.32 Å². The summed E-state index contributed by atoms with van der Waals surface area (Å²) in [5.41, 5.74) is 1.54. The smallest absolute Gasteiger partial charge is 0.0476 e. The van der Waals surface area contributed by atoms with Gasteiger partial charge in [-0.3, -0.25) is 0 Å². The molecule has 0 radical (unpaired) electrons. The summed E-state index contributed by atoms with van der Waals surface area (Å²) in [6, 6.07) is 3.40. The molecule has 1 heterocycles. The molecule has 3 heteroatoms. The quantitative estimate of drug-likeness (QED) is 0.852. The molecule has 0 saturated heterocycles. The zero-order valence-electron chi connectivity index (χ0n) is 10.2. The molecule has 0 aliphatic heterocycles. The van der Waals surface area contributed by atoms with Crippen molar-refractivity contribution in [1.82, 2.24) is 5.32 Å². The number of aryl methyl sites for hydroxylation is 1. The molecule has 0 amide bonds. The molecular weight excluding hydrogens is 218 g/mol. The number of hydrogen-bond acceptors (Lipinski definition) is 3. The molecule has 0 spiro atoms. The third-order valence-corrected chi connectivity index (χ3v) is 4.29. The average molecular weight is 239 g/mol. The van der Waals surface area contributed by atoms with Gasteiger partial charge in [-0.25, -0.2) is 0 Å². The predicted octanol–water partition coefficient (Wildman–Crippen LogP) is 3.14. The van der Waals surface area contributed by atoms with Gasteiger partial charge in [-0.15, -0.1) is 11.3 Å². The van der Waals surface area contributed by atoms with E-state index in [9.17, 15) is 0 Å². The van der Waals surface area contributed by atoms with Gasteiger partial charge in [-0.05, 0) is 49.6 Å². The first kappa shape index (κ1) is 12.1. The highest BCUT2D eigenvalue weighted by atomic mass is 32.1. The van der Waals surface area contributed by atoms with Gasteiger partial charge in [0.05, 0.1) is 0 Å². The van der Waals surface area contributed by atoms with Gasteiger partial charge in [0.15, 0.2) is 0 Å². The summed E-state index contributed by atoms with van der Waals surface area (Å²) in [6.07, 6.45) is 4.97. The molecule has 0 fully saturated rings. The topological polar surface area (TPSA) is 21.3 Å². The molecule has 0 bridgehead atoms. The molecule has 1 aliphatic rings. The molecule has 1 aliphatic carbocycles. The van der Waals surface area contributed by atoms with Crippen LogP contribution in [0.4, 0.5) is 0 Å². The number of nitrogens with one attached hydrogen (secondary N) is 1. The minimum atomic E-state index is 0.538. The van der Waals surface area contributed by atoms with Crippen LogP contribution in [0.1, 0.15) is 42.7 Å². The van der Waals surface area contributed by atoms with Gasteiger partial charge in [0.25, 0.3) is 0 Å². The standard InChI is InChI=1S/C13H21NOS/c1-10(6-8-15-2)14-12-4-3-5-13-11(12)7-9-16-13/h7,9-10,12,14H,3-6,8H2,1-2H3. The lowest BCUT2D eigenvalue weighted by atomic mass is 9.93. The number of ether oxygens (including phenoxy) is 1. The summed E-state index contributed by atoms with van der Waals surface area (Å²) < 4.78 is 5.12. The number of rotatable bonds is 5. The molecule has 2 atom stereocenters. The number of thiophene rings is 1. The minimum absolute atomic E-state index is 0.538. The Morgan fingerprint density at radius 1 is 1.62 bits per heavy atom. The Bertz CT molecular complexity index is 323. The van der Waals surface area contributed by atoms with Crippen LogP contribution in [0.5, 0.6) is 0 Å². The van der Waals surface area contributed by atoms with Gasteiger partial charge in [0.1, 0.15) is 0 Å². The van der Waals surface area contributed by atoms with Gasteiger partial charge in [-0.2, -0.15) is 0 Å². The van der Waals surface area contributed by atoms with E-state index in [0.717, 1.165) is 13.0 Å². The summed E-state index contributed by atoms with van der Waals surface area (Å²) in [4.78, 5) is 1.59. The van der Waals surface area contributed by atoms with Crippen molar-refractivity contribution in [2.75, 3.05) is 13.7 Å². The van der Waals surface area contributed by atoms with Crippen LogP contribution in [0, 0.1) is 0 Å². The van der Waals surface area contributed by atoms with Crippen molar-refractivity contribution in [2.45, 2.75) is 44.7 Å². The lowest BCUT2D eigenvalue weighted by molar-refractivity contribution is 0.182. The minimum Gasteiger partial charge on any atom is -0.385 e. The summed E-state index contributed by atoms with van der Waals surface area (Å²) in [5.74, 6) is 0. The molecule has 2 nitrogen and oxygen atoms in total. The Labute approximate surface area is 102 Å². The number of hydrogen-bond donors (Lipinski definition) is 1. The Morgan fingerprint density at radius 3 is 3.31 bits per heavy atom. The van der Waals surface area contributed by atoms with Gasteiger partial charge in [0.2, 0.25) is 0 Å². The molecule has 1 aromatic rings. The van der Waals surface area contributed by atoms with E-state index in [1.807, 2.05) is 11.3 Å². The van der Waals surface area contributed by atoms with Crippen molar-refractivity contribution in [3.05, 3.63) is 21.9 Å². The fourth-order valence-corrected chi connectivity index (χ4v) is 3.37. The van der Waals surface area contributed by atoms with E-state index >= 15 is 0 Å². The third-order valence-electron chi connectivity index (χ3n) is 3.29. The highest BCUT2D eigenvalue weighted by Crippen LogP contribution is 2.33. The summed E-state index contributed by atoms with van der Waals surface area (Å²) in [7, 11) is 1.77. The van der Waals surface area contributed by atoms with E-state index in [2.05, 4.69) is 23.7 Å². The van der Waals surface area contributed by atoms with E-state index in [-0.39, 0.29) is 0 Å². The maximum atomic E-state index is 5.12. The Hall–Kier alpha value is -0.380. The first-order valence-electron chi connectivity index (χ1n) is 6.12. The van der Waals surface area contributed by atoms with Crippen LogP contribution in [0.15, 0.2) is 11.4 Å². The molecular formula is C13H21NOS. The largest absolute Gasteiger partial charge is 0.385 e. The Balaban J connectivity index is 1.92. The van der Waals surface area contributed by atoms with E-state index in [1.54, 1.807) is 17.6 Å². The highest BCUT2D eigenvalue weighted by Gasteiger charge is 2.21. The molecule has 0 saturated carbocycles. The zero-order valence-corrected chi connectivity index (χ0v) is 11.0. The maximum absolute atomic E-state index is 5.12. The van der Waals surface area contributed by atoms with Crippen LogP contribution >= 0.6 is 11.3 Å². The average Bonchev–Trinajstić information content (AvgIpc) is 2.75. The van der Waals surface area contributed by atoms with Crippen LogP contribution in [0.25, 0.3) is 0 Å². The fourth-order valence-electron chi connectivity index (χ4n) is 2.38. The molecule has 2 unspecified atom stereocenters. The number of fused-ring (bicyclic) bond motifs is 1. The van der Waals surface area contributed by atoms with E-state index < -0.39 is 0 Å². The van der Waals surface area contributed by atoms with Crippen molar-refractivity contribution in [3.63, 3.8) is 0 Å². The SMILES string of the molecule is COCCC(C)NC1CCCc2sccc21. The first-order chi connectivity index (χ1) is 7.81. The number of methoxy groups -OCH3 is 1. The zero-order chi connectivity index (χ0) is 11.4. The lowest BCUT2D eigenvalue weighted by Crippen LogP contribution is -2.33. The van der Waals surface area contributed by atoms with Gasteiger partial charge < -0.3 is 10.1 Å². The predicted molar refractivity (Wildman–Crippen MR) is 69.1 cm³/mol. The van der Waals surface area contributed by atoms with Gasteiger partial charge in [0, 0.05) is 30.7 Å². The molecule has 90 valence electrons. The van der Waals surface area contributed by atoms with Gasteiger partial charge in [-0.1, -0.05) is 0 Å². The van der Waals surface area contributed by atoms with Crippen molar-refractivity contribution < 1.29 is 4.74 Å². The summed E-state index contributed by atoms with van der Waals surface area (Å²) in [5, 5.41) is 5.95. The van der Waals surface area contributed by atoms with Crippen LogP contribution in [-0.2, 0) is 11.2 Å². The van der Waals surface area contributed by atoms with Crippen molar-refractivity contribution in [2.24, 2.45) is 0 Å². The second-order valence-electron chi connectivity index (χ2n) is 4.59. The molecule has 16 heavy (non-hydrogen) atoms. The van der Waals surface area contributed by atoms with Gasteiger partial charge >= 0.3 is 0 Å². The Kier molecular flexibility index (Phi) is 4.38. The van der Waals surface area contributed by atoms with E-state index in [0.29, 0.717) is 12.1 Å². The van der Waals surface area contributed by atoms with Crippen molar-refractivity contribution in [3.8, 4) is 0 Å². The first-order valence-corrected chi connectivity index (χ1v) is 7.00. The van der Waals surface area contributed by atoms with Crippen LogP contribution in [0.2, 0.25) is 0 Å². The highest BCUT2D eigenvalue weighted by molar-refractivity contribution is 7.10. The fraction of sp³-hybridized carbons (Fsp3) is 0.692. The third kappa shape index (κ3) is 2.84. The summed E-state index contributed by atoms with van der Waals surface area (Å²) >= 11 is 1.91.